The van der Waals surface area contributed by atoms with Crippen molar-refractivity contribution in [3.05, 3.63) is 30.1 Å². The van der Waals surface area contributed by atoms with E-state index in [1.807, 2.05) is 31.0 Å². The average Bonchev–Trinajstić information content (AvgIpc) is 2.79. The van der Waals surface area contributed by atoms with Crippen LogP contribution in [0.4, 0.5) is 22.0 Å². The first kappa shape index (κ1) is 20.7. The van der Waals surface area contributed by atoms with Crippen LogP contribution < -0.4 is 14.7 Å². The number of piperidine rings is 1. The highest BCUT2D eigenvalue weighted by Crippen LogP contribution is 2.28. The van der Waals surface area contributed by atoms with Crippen molar-refractivity contribution in [3.8, 4) is 0 Å². The second kappa shape index (κ2) is 9.07. The predicted molar refractivity (Wildman–Crippen MR) is 115 cm³/mol. The van der Waals surface area contributed by atoms with E-state index in [-0.39, 0.29) is 17.8 Å². The molecule has 1 atom stereocenters. The first-order valence-corrected chi connectivity index (χ1v) is 10.7. The van der Waals surface area contributed by atoms with Gasteiger partial charge in [-0.25, -0.2) is 19.3 Å². The molecule has 0 saturated carbocycles. The second-order valence-electron chi connectivity index (χ2n) is 8.22. The summed E-state index contributed by atoms with van der Waals surface area (Å²) >= 11 is 0. The highest BCUT2D eigenvalue weighted by molar-refractivity contribution is 5.47. The van der Waals surface area contributed by atoms with Crippen molar-refractivity contribution >= 4 is 17.6 Å². The minimum atomic E-state index is -0.299. The van der Waals surface area contributed by atoms with Crippen molar-refractivity contribution in [2.24, 2.45) is 0 Å². The highest BCUT2D eigenvalue weighted by atomic mass is 19.1. The van der Waals surface area contributed by atoms with Gasteiger partial charge >= 0.3 is 0 Å². The van der Waals surface area contributed by atoms with Gasteiger partial charge in [-0.2, -0.15) is 4.98 Å². The van der Waals surface area contributed by atoms with E-state index >= 15 is 4.39 Å². The van der Waals surface area contributed by atoms with Crippen LogP contribution in [0.1, 0.15) is 38.3 Å². The van der Waals surface area contributed by atoms with Gasteiger partial charge in [-0.15, -0.1) is 0 Å². The molecule has 2 aromatic heterocycles. The minimum absolute atomic E-state index is 0.0228. The van der Waals surface area contributed by atoms with Crippen molar-refractivity contribution in [3.63, 3.8) is 0 Å². The van der Waals surface area contributed by atoms with Crippen LogP contribution in [0.2, 0.25) is 0 Å². The quantitative estimate of drug-likeness (QED) is 0.738. The fourth-order valence-electron chi connectivity index (χ4n) is 4.10. The van der Waals surface area contributed by atoms with Crippen LogP contribution in [0.15, 0.2) is 18.6 Å². The van der Waals surface area contributed by atoms with Crippen LogP contribution in [0.25, 0.3) is 0 Å². The summed E-state index contributed by atoms with van der Waals surface area (Å²) in [6.45, 7) is 8.38. The molecule has 2 fully saturated rings. The topological polar surface area (TPSA) is 70.5 Å². The highest BCUT2D eigenvalue weighted by Gasteiger charge is 2.28. The van der Waals surface area contributed by atoms with Gasteiger partial charge in [0.1, 0.15) is 12.1 Å². The van der Waals surface area contributed by atoms with Crippen molar-refractivity contribution in [2.45, 2.75) is 38.6 Å². The summed E-state index contributed by atoms with van der Waals surface area (Å²) in [5.74, 6) is 1.74. The lowest BCUT2D eigenvalue weighted by Gasteiger charge is -2.39. The lowest BCUT2D eigenvalue weighted by molar-refractivity contribution is 0.122. The first-order chi connectivity index (χ1) is 14.5. The van der Waals surface area contributed by atoms with Crippen LogP contribution in [-0.4, -0.2) is 72.4 Å². The Morgan fingerprint density at radius 1 is 1.13 bits per heavy atom. The monoisotopic (exact) mass is 415 g/mol. The zero-order chi connectivity index (χ0) is 21.1. The summed E-state index contributed by atoms with van der Waals surface area (Å²) in [5.41, 5.74) is 0.474. The van der Waals surface area contributed by atoms with Crippen LogP contribution in [0, 0.1) is 5.82 Å². The van der Waals surface area contributed by atoms with Gasteiger partial charge in [-0.05, 0) is 24.8 Å². The molecule has 30 heavy (non-hydrogen) atoms. The molecule has 2 aliphatic rings. The lowest BCUT2D eigenvalue weighted by Crippen LogP contribution is -2.47. The zero-order valence-corrected chi connectivity index (χ0v) is 18.0. The van der Waals surface area contributed by atoms with E-state index in [1.54, 1.807) is 0 Å². The smallest absolute Gasteiger partial charge is 0.227 e. The first-order valence-electron chi connectivity index (χ1n) is 10.7. The molecule has 0 N–H and O–H groups in total. The number of halogens is 1. The van der Waals surface area contributed by atoms with E-state index in [1.165, 1.54) is 6.33 Å². The number of hydrogen-bond acceptors (Lipinski definition) is 8. The number of nitrogens with zero attached hydrogens (tertiary/aromatic N) is 7. The minimum Gasteiger partial charge on any atom is -0.378 e. The Morgan fingerprint density at radius 3 is 2.70 bits per heavy atom. The van der Waals surface area contributed by atoms with Gasteiger partial charge in [-0.3, -0.25) is 0 Å². The molecule has 162 valence electrons. The third-order valence-corrected chi connectivity index (χ3v) is 5.87. The summed E-state index contributed by atoms with van der Waals surface area (Å²) in [6, 6.07) is 2.15. The maximum atomic E-state index is 15.0. The fraction of sp³-hybridized carbons (Fsp3) is 0.619. The molecule has 9 heteroatoms. The Morgan fingerprint density at radius 2 is 1.93 bits per heavy atom. The van der Waals surface area contributed by atoms with Gasteiger partial charge in [0.05, 0.1) is 18.9 Å². The standard InChI is InChI=1S/C21H30FN7O/c1-15(2)19-18(22)20(25-14-24-19)29-8-4-5-16(13-29)27(3)17-6-7-23-21(26-17)28-9-11-30-12-10-28/h6-7,14-16H,4-5,8-13H2,1-3H3. The lowest BCUT2D eigenvalue weighted by atomic mass is 10.0. The van der Waals surface area contributed by atoms with Crippen molar-refractivity contribution in [2.75, 3.05) is 61.1 Å². The average molecular weight is 416 g/mol. The SMILES string of the molecule is CC(C)c1ncnc(N2CCCC(N(C)c3ccnc(N4CCOCC4)n3)C2)c1F. The Bertz CT molecular complexity index is 859. The van der Waals surface area contributed by atoms with E-state index in [2.05, 4.69) is 31.8 Å². The van der Waals surface area contributed by atoms with Crippen molar-refractivity contribution in [1.82, 2.24) is 19.9 Å². The third-order valence-electron chi connectivity index (χ3n) is 5.87. The fourth-order valence-corrected chi connectivity index (χ4v) is 4.10. The molecule has 0 radical (unpaired) electrons. The molecule has 1 unspecified atom stereocenters. The Labute approximate surface area is 177 Å². The van der Waals surface area contributed by atoms with E-state index in [0.29, 0.717) is 31.3 Å². The Hall–Kier alpha value is -2.55. The van der Waals surface area contributed by atoms with E-state index in [4.69, 9.17) is 9.72 Å². The summed E-state index contributed by atoms with van der Waals surface area (Å²) in [5, 5.41) is 0. The molecule has 0 aromatic carbocycles. The second-order valence-corrected chi connectivity index (χ2v) is 8.22. The van der Waals surface area contributed by atoms with E-state index in [0.717, 1.165) is 44.2 Å². The molecule has 0 spiro atoms. The molecule has 0 aliphatic carbocycles. The number of anilines is 3. The molecule has 2 aliphatic heterocycles. The molecule has 0 bridgehead atoms. The number of aromatic nitrogens is 4. The summed E-state index contributed by atoms with van der Waals surface area (Å²) in [6.07, 6.45) is 5.27. The molecule has 4 rings (SSSR count). The summed E-state index contributed by atoms with van der Waals surface area (Å²) in [7, 11) is 2.05. The molecule has 2 aromatic rings. The van der Waals surface area contributed by atoms with Gasteiger partial charge in [0, 0.05) is 45.5 Å². The molecule has 4 heterocycles. The van der Waals surface area contributed by atoms with Crippen molar-refractivity contribution < 1.29 is 9.13 Å². The van der Waals surface area contributed by atoms with Gasteiger partial charge in [0.15, 0.2) is 11.6 Å². The third kappa shape index (κ3) is 4.30. The molecular weight excluding hydrogens is 385 g/mol. The largest absolute Gasteiger partial charge is 0.378 e. The Balaban J connectivity index is 1.50. The van der Waals surface area contributed by atoms with Gasteiger partial charge in [0.25, 0.3) is 0 Å². The van der Waals surface area contributed by atoms with Gasteiger partial charge in [-0.1, -0.05) is 13.8 Å². The summed E-state index contributed by atoms with van der Waals surface area (Å²) in [4.78, 5) is 24.0. The maximum absolute atomic E-state index is 15.0. The normalized spacial score (nSPS) is 20.0. The molecule has 8 nitrogen and oxygen atoms in total. The summed E-state index contributed by atoms with van der Waals surface area (Å²) < 4.78 is 20.4. The van der Waals surface area contributed by atoms with Gasteiger partial charge < -0.3 is 19.4 Å². The Kier molecular flexibility index (Phi) is 6.26. The van der Waals surface area contributed by atoms with Crippen LogP contribution in [0.3, 0.4) is 0 Å². The number of rotatable bonds is 5. The number of morpholine rings is 1. The molecule has 2 saturated heterocycles. The van der Waals surface area contributed by atoms with Crippen molar-refractivity contribution in [1.29, 1.82) is 0 Å². The van der Waals surface area contributed by atoms with Gasteiger partial charge in [0.2, 0.25) is 5.95 Å². The van der Waals surface area contributed by atoms with E-state index < -0.39 is 0 Å². The van der Waals surface area contributed by atoms with Crippen LogP contribution >= 0.6 is 0 Å². The number of ether oxygens (including phenoxy) is 1. The molecular formula is C21H30FN7O. The predicted octanol–water partition coefficient (Wildman–Crippen LogP) is 2.47. The zero-order valence-electron chi connectivity index (χ0n) is 18.0. The van der Waals surface area contributed by atoms with E-state index in [9.17, 15) is 0 Å². The maximum Gasteiger partial charge on any atom is 0.227 e. The molecule has 0 amide bonds. The number of likely N-dealkylation sites (N-methyl/N-ethyl adjacent to an activating group) is 1. The number of hydrogen-bond donors (Lipinski definition) is 0. The van der Waals surface area contributed by atoms with Crippen LogP contribution in [0.5, 0.6) is 0 Å². The van der Waals surface area contributed by atoms with Crippen LogP contribution in [-0.2, 0) is 4.74 Å².